The average Bonchev–Trinajstić information content (AvgIpc) is 3.40. The first-order chi connectivity index (χ1) is 14.7. The highest BCUT2D eigenvalue weighted by Gasteiger charge is 2.20. The number of nitrogens with one attached hydrogen (secondary N) is 2. The molecule has 1 saturated heterocycles. The number of urea groups is 1. The van der Waals surface area contributed by atoms with E-state index in [9.17, 15) is 9.59 Å². The second-order valence-corrected chi connectivity index (χ2v) is 8.10. The van der Waals surface area contributed by atoms with Crippen LogP contribution in [0.2, 0.25) is 0 Å². The summed E-state index contributed by atoms with van der Waals surface area (Å²) in [6, 6.07) is 15.3. The fourth-order valence-corrected chi connectivity index (χ4v) is 4.10. The number of carbonyl (C=O) groups excluding carboxylic acids is 2. The normalized spacial score (nSPS) is 16.7. The van der Waals surface area contributed by atoms with Crippen molar-refractivity contribution in [1.29, 1.82) is 0 Å². The fourth-order valence-electron chi connectivity index (χ4n) is 4.10. The quantitative estimate of drug-likeness (QED) is 0.712. The van der Waals surface area contributed by atoms with Crippen LogP contribution in [0.4, 0.5) is 10.5 Å². The SMILES string of the molecule is O=C(NCc1cccc(CN2CCCC2=O)c1)Nc1ccc(OC2CCCC2)cc1. The van der Waals surface area contributed by atoms with Gasteiger partial charge < -0.3 is 20.3 Å². The second kappa shape index (κ2) is 9.65. The number of hydrogen-bond acceptors (Lipinski definition) is 3. The summed E-state index contributed by atoms with van der Waals surface area (Å²) in [5.74, 6) is 1.07. The summed E-state index contributed by atoms with van der Waals surface area (Å²) in [5.41, 5.74) is 2.82. The van der Waals surface area contributed by atoms with Crippen LogP contribution in [-0.2, 0) is 17.9 Å². The van der Waals surface area contributed by atoms with Gasteiger partial charge in [0.25, 0.3) is 0 Å². The van der Waals surface area contributed by atoms with Crippen LogP contribution in [0.3, 0.4) is 0 Å². The smallest absolute Gasteiger partial charge is 0.319 e. The van der Waals surface area contributed by atoms with Crippen molar-refractivity contribution in [1.82, 2.24) is 10.2 Å². The minimum atomic E-state index is -0.250. The van der Waals surface area contributed by atoms with Crippen LogP contribution in [0, 0.1) is 0 Å². The van der Waals surface area contributed by atoms with Gasteiger partial charge in [-0.1, -0.05) is 24.3 Å². The standard InChI is InChI=1S/C24H29N3O3/c28-23-9-4-14-27(23)17-19-6-3-5-18(15-19)16-25-24(29)26-20-10-12-22(13-11-20)30-21-7-1-2-8-21/h3,5-6,10-13,15,21H,1-2,4,7-9,14,16-17H2,(H2,25,26,29). The van der Waals surface area contributed by atoms with Gasteiger partial charge in [-0.15, -0.1) is 0 Å². The highest BCUT2D eigenvalue weighted by molar-refractivity contribution is 5.89. The van der Waals surface area contributed by atoms with Crippen molar-refractivity contribution in [2.45, 2.75) is 57.7 Å². The van der Waals surface area contributed by atoms with Gasteiger partial charge in [-0.25, -0.2) is 4.79 Å². The number of ether oxygens (including phenoxy) is 1. The van der Waals surface area contributed by atoms with Crippen molar-refractivity contribution in [2.24, 2.45) is 0 Å². The Morgan fingerprint density at radius 3 is 2.53 bits per heavy atom. The molecule has 2 N–H and O–H groups in total. The topological polar surface area (TPSA) is 70.7 Å². The molecule has 3 amide bonds. The van der Waals surface area contributed by atoms with Crippen LogP contribution in [0.1, 0.15) is 49.7 Å². The van der Waals surface area contributed by atoms with E-state index < -0.39 is 0 Å². The molecule has 1 heterocycles. The Labute approximate surface area is 177 Å². The van der Waals surface area contributed by atoms with E-state index in [-0.39, 0.29) is 11.9 Å². The number of likely N-dealkylation sites (tertiary alicyclic amines) is 1. The molecule has 0 spiro atoms. The lowest BCUT2D eigenvalue weighted by atomic mass is 10.1. The number of rotatable bonds is 7. The fraction of sp³-hybridized carbons (Fsp3) is 0.417. The third-order valence-electron chi connectivity index (χ3n) is 5.71. The molecule has 30 heavy (non-hydrogen) atoms. The van der Waals surface area contributed by atoms with Gasteiger partial charge in [-0.3, -0.25) is 4.79 Å². The third-order valence-corrected chi connectivity index (χ3v) is 5.71. The summed E-state index contributed by atoms with van der Waals surface area (Å²) >= 11 is 0. The summed E-state index contributed by atoms with van der Waals surface area (Å²) in [6.45, 7) is 1.89. The minimum Gasteiger partial charge on any atom is -0.490 e. The minimum absolute atomic E-state index is 0.220. The van der Waals surface area contributed by atoms with Crippen molar-refractivity contribution in [3.63, 3.8) is 0 Å². The van der Waals surface area contributed by atoms with Crippen LogP contribution in [0.15, 0.2) is 48.5 Å². The lowest BCUT2D eigenvalue weighted by molar-refractivity contribution is -0.128. The monoisotopic (exact) mass is 407 g/mol. The Morgan fingerprint density at radius 1 is 1.03 bits per heavy atom. The third kappa shape index (κ3) is 5.53. The molecule has 2 aromatic rings. The lowest BCUT2D eigenvalue weighted by Gasteiger charge is -2.16. The van der Waals surface area contributed by atoms with E-state index in [0.717, 1.165) is 48.4 Å². The Balaban J connectivity index is 1.24. The average molecular weight is 408 g/mol. The predicted molar refractivity (Wildman–Crippen MR) is 116 cm³/mol. The Kier molecular flexibility index (Phi) is 6.52. The number of benzene rings is 2. The van der Waals surface area contributed by atoms with Gasteiger partial charge in [0.05, 0.1) is 6.10 Å². The molecule has 0 radical (unpaired) electrons. The van der Waals surface area contributed by atoms with Crippen LogP contribution in [0.25, 0.3) is 0 Å². The summed E-state index contributed by atoms with van der Waals surface area (Å²) in [7, 11) is 0. The Hall–Kier alpha value is -3.02. The Bertz CT molecular complexity index is 876. The van der Waals surface area contributed by atoms with E-state index >= 15 is 0 Å². The number of anilines is 1. The van der Waals surface area contributed by atoms with E-state index in [1.165, 1.54) is 12.8 Å². The van der Waals surface area contributed by atoms with Gasteiger partial charge >= 0.3 is 6.03 Å². The molecule has 1 saturated carbocycles. The molecule has 2 aromatic carbocycles. The van der Waals surface area contributed by atoms with Gasteiger partial charge in [-0.2, -0.15) is 0 Å². The summed E-state index contributed by atoms with van der Waals surface area (Å²) < 4.78 is 5.95. The molecule has 1 aliphatic heterocycles. The van der Waals surface area contributed by atoms with Crippen LogP contribution in [0.5, 0.6) is 5.75 Å². The maximum atomic E-state index is 12.2. The lowest BCUT2D eigenvalue weighted by Crippen LogP contribution is -2.28. The number of carbonyl (C=O) groups is 2. The van der Waals surface area contributed by atoms with Crippen LogP contribution in [-0.4, -0.2) is 29.5 Å². The summed E-state index contributed by atoms with van der Waals surface area (Å²) in [4.78, 5) is 25.9. The van der Waals surface area contributed by atoms with Crippen molar-refractivity contribution in [3.8, 4) is 5.75 Å². The molecular weight excluding hydrogens is 378 g/mol. The maximum absolute atomic E-state index is 12.2. The molecule has 0 bridgehead atoms. The summed E-state index contributed by atoms with van der Waals surface area (Å²) in [6.07, 6.45) is 6.64. The molecule has 2 aliphatic rings. The van der Waals surface area contributed by atoms with E-state index in [2.05, 4.69) is 10.6 Å². The zero-order valence-corrected chi connectivity index (χ0v) is 17.2. The van der Waals surface area contributed by atoms with E-state index in [1.54, 1.807) is 0 Å². The molecule has 4 rings (SSSR count). The first-order valence-electron chi connectivity index (χ1n) is 10.8. The van der Waals surface area contributed by atoms with Gasteiger partial charge in [-0.05, 0) is 67.5 Å². The van der Waals surface area contributed by atoms with Gasteiger partial charge in [0, 0.05) is 31.7 Å². The van der Waals surface area contributed by atoms with Gasteiger partial charge in [0.15, 0.2) is 0 Å². The maximum Gasteiger partial charge on any atom is 0.319 e. The molecule has 158 valence electrons. The largest absolute Gasteiger partial charge is 0.490 e. The second-order valence-electron chi connectivity index (χ2n) is 8.10. The van der Waals surface area contributed by atoms with Crippen molar-refractivity contribution < 1.29 is 14.3 Å². The summed E-state index contributed by atoms with van der Waals surface area (Å²) in [5, 5.41) is 5.74. The van der Waals surface area contributed by atoms with Crippen LogP contribution >= 0.6 is 0 Å². The van der Waals surface area contributed by atoms with E-state index in [4.69, 9.17) is 4.74 Å². The molecular formula is C24H29N3O3. The van der Waals surface area contributed by atoms with E-state index in [1.807, 2.05) is 53.4 Å². The molecule has 0 unspecified atom stereocenters. The first kappa shape index (κ1) is 20.3. The molecule has 6 heteroatoms. The zero-order chi connectivity index (χ0) is 20.8. The first-order valence-corrected chi connectivity index (χ1v) is 10.8. The molecule has 0 atom stereocenters. The van der Waals surface area contributed by atoms with Crippen LogP contribution < -0.4 is 15.4 Å². The Morgan fingerprint density at radius 2 is 1.80 bits per heavy atom. The molecule has 1 aliphatic carbocycles. The highest BCUT2D eigenvalue weighted by Crippen LogP contribution is 2.25. The van der Waals surface area contributed by atoms with E-state index in [0.29, 0.717) is 25.6 Å². The predicted octanol–water partition coefficient (Wildman–Crippen LogP) is 4.45. The zero-order valence-electron chi connectivity index (χ0n) is 17.2. The van der Waals surface area contributed by atoms with Crippen molar-refractivity contribution >= 4 is 17.6 Å². The number of hydrogen-bond donors (Lipinski definition) is 2. The van der Waals surface area contributed by atoms with Crippen molar-refractivity contribution in [2.75, 3.05) is 11.9 Å². The molecule has 6 nitrogen and oxygen atoms in total. The molecule has 0 aromatic heterocycles. The van der Waals surface area contributed by atoms with Crippen molar-refractivity contribution in [3.05, 3.63) is 59.7 Å². The highest BCUT2D eigenvalue weighted by atomic mass is 16.5. The molecule has 2 fully saturated rings. The number of amides is 3. The van der Waals surface area contributed by atoms with Gasteiger partial charge in [0.1, 0.15) is 5.75 Å². The van der Waals surface area contributed by atoms with Gasteiger partial charge in [0.2, 0.25) is 5.91 Å². The number of nitrogens with zero attached hydrogens (tertiary/aromatic N) is 1.